The van der Waals surface area contributed by atoms with Gasteiger partial charge in [-0.25, -0.2) is 13.1 Å². The summed E-state index contributed by atoms with van der Waals surface area (Å²) < 4.78 is 32.4. The number of likely N-dealkylation sites (tertiary alicyclic amines) is 1. The Kier molecular flexibility index (Phi) is 9.02. The molecule has 0 unspecified atom stereocenters. The molecule has 0 radical (unpaired) electrons. The Balaban J connectivity index is 1.28. The molecule has 0 spiro atoms. The van der Waals surface area contributed by atoms with Gasteiger partial charge in [-0.05, 0) is 81.5 Å². The van der Waals surface area contributed by atoms with E-state index in [1.54, 1.807) is 12.1 Å². The van der Waals surface area contributed by atoms with Gasteiger partial charge in [-0.1, -0.05) is 25.0 Å². The molecular formula is C26H41N3O4S. The van der Waals surface area contributed by atoms with Crippen molar-refractivity contribution < 1.29 is 17.9 Å². The lowest BCUT2D eigenvalue weighted by atomic mass is 9.83. The molecule has 1 aromatic carbocycles. The van der Waals surface area contributed by atoms with Gasteiger partial charge < -0.3 is 15.0 Å². The summed E-state index contributed by atoms with van der Waals surface area (Å²) in [7, 11) is -3.20. The van der Waals surface area contributed by atoms with E-state index in [9.17, 15) is 13.2 Å². The zero-order chi connectivity index (χ0) is 24.0. The summed E-state index contributed by atoms with van der Waals surface area (Å²) in [6.07, 6.45) is 8.58. The van der Waals surface area contributed by atoms with Gasteiger partial charge >= 0.3 is 0 Å². The molecule has 2 aliphatic carbocycles. The summed E-state index contributed by atoms with van der Waals surface area (Å²) in [5, 5.41) is 3.10. The number of nitrogens with one attached hydrogen (secondary N) is 2. The quantitative estimate of drug-likeness (QED) is 0.496. The van der Waals surface area contributed by atoms with E-state index in [4.69, 9.17) is 4.74 Å². The highest BCUT2D eigenvalue weighted by atomic mass is 32.2. The molecule has 190 valence electrons. The van der Waals surface area contributed by atoms with Gasteiger partial charge in [0.25, 0.3) is 5.91 Å². The molecule has 7 nitrogen and oxygen atoms in total. The Morgan fingerprint density at radius 2 is 1.82 bits per heavy atom. The lowest BCUT2D eigenvalue weighted by molar-refractivity contribution is 0.0548. The number of hydrogen-bond donors (Lipinski definition) is 2. The molecule has 3 atom stereocenters. The maximum Gasteiger partial charge on any atom is 0.251 e. The van der Waals surface area contributed by atoms with Gasteiger partial charge in [-0.3, -0.25) is 4.79 Å². The van der Waals surface area contributed by atoms with Gasteiger partial charge in [0.2, 0.25) is 10.0 Å². The van der Waals surface area contributed by atoms with Crippen molar-refractivity contribution in [2.75, 3.05) is 32.8 Å². The Labute approximate surface area is 205 Å². The smallest absolute Gasteiger partial charge is 0.251 e. The fraction of sp³-hybridized carbons (Fsp3) is 0.731. The molecule has 3 fully saturated rings. The van der Waals surface area contributed by atoms with Crippen molar-refractivity contribution in [3.63, 3.8) is 0 Å². The Morgan fingerprint density at radius 3 is 2.56 bits per heavy atom. The number of benzene rings is 1. The molecule has 8 heteroatoms. The van der Waals surface area contributed by atoms with Gasteiger partial charge in [-0.2, -0.15) is 0 Å². The number of rotatable bonds is 11. The molecule has 0 aromatic heterocycles. The molecule has 34 heavy (non-hydrogen) atoms. The minimum absolute atomic E-state index is 0.0325. The van der Waals surface area contributed by atoms with Crippen LogP contribution in [0.15, 0.2) is 24.3 Å². The van der Waals surface area contributed by atoms with Crippen molar-refractivity contribution >= 4 is 15.9 Å². The highest BCUT2D eigenvalue weighted by Crippen LogP contribution is 2.28. The van der Waals surface area contributed by atoms with Crippen LogP contribution >= 0.6 is 0 Å². The fourth-order valence-electron chi connectivity index (χ4n) is 5.39. The molecule has 1 heterocycles. The maximum absolute atomic E-state index is 13.0. The summed E-state index contributed by atoms with van der Waals surface area (Å²) in [4.78, 5) is 15.6. The van der Waals surface area contributed by atoms with Crippen LogP contribution in [-0.4, -0.2) is 63.4 Å². The molecule has 1 amide bonds. The van der Waals surface area contributed by atoms with Crippen molar-refractivity contribution in [3.05, 3.63) is 35.4 Å². The Bertz CT molecular complexity index is 901. The molecule has 3 aliphatic rings. The summed E-state index contributed by atoms with van der Waals surface area (Å²) in [6, 6.07) is 7.50. The average Bonchev–Trinajstić information content (AvgIpc) is 3.70. The van der Waals surface area contributed by atoms with E-state index < -0.39 is 10.0 Å². The monoisotopic (exact) mass is 491 g/mol. The first kappa shape index (κ1) is 25.6. The second kappa shape index (κ2) is 12.0. The highest BCUT2D eigenvalue weighted by molar-refractivity contribution is 7.90. The van der Waals surface area contributed by atoms with E-state index in [1.165, 1.54) is 19.3 Å². The maximum atomic E-state index is 13.0. The molecule has 2 N–H and O–H groups in total. The van der Waals surface area contributed by atoms with E-state index in [0.29, 0.717) is 17.4 Å². The molecular weight excluding hydrogens is 450 g/mol. The molecule has 4 rings (SSSR count). The third-order valence-corrected chi connectivity index (χ3v) is 9.43. The van der Waals surface area contributed by atoms with Crippen molar-refractivity contribution in [2.45, 2.75) is 76.1 Å². The van der Waals surface area contributed by atoms with Crippen LogP contribution in [0, 0.1) is 11.8 Å². The second-order valence-corrected chi connectivity index (χ2v) is 12.4. The number of piperidine rings is 1. The predicted octanol–water partition coefficient (Wildman–Crippen LogP) is 3.31. The summed E-state index contributed by atoms with van der Waals surface area (Å²) in [5.74, 6) is 1.08. The molecule has 1 aromatic rings. The van der Waals surface area contributed by atoms with Crippen LogP contribution in [0.5, 0.6) is 0 Å². The lowest BCUT2D eigenvalue weighted by Gasteiger charge is -2.39. The van der Waals surface area contributed by atoms with Gasteiger partial charge in [0.1, 0.15) is 0 Å². The number of hydrogen-bond acceptors (Lipinski definition) is 5. The number of sulfonamides is 1. The topological polar surface area (TPSA) is 87.7 Å². The van der Waals surface area contributed by atoms with E-state index in [1.807, 2.05) is 12.1 Å². The van der Waals surface area contributed by atoms with Gasteiger partial charge in [0.15, 0.2) is 0 Å². The third kappa shape index (κ3) is 7.26. The summed E-state index contributed by atoms with van der Waals surface area (Å²) in [6.45, 7) is 7.26. The minimum Gasteiger partial charge on any atom is -0.381 e. The van der Waals surface area contributed by atoms with Gasteiger partial charge in [0, 0.05) is 37.8 Å². The van der Waals surface area contributed by atoms with Gasteiger partial charge in [-0.15, -0.1) is 0 Å². The van der Waals surface area contributed by atoms with Crippen molar-refractivity contribution in [3.8, 4) is 0 Å². The first-order valence-electron chi connectivity index (χ1n) is 13.1. The number of ether oxygens (including phenoxy) is 1. The van der Waals surface area contributed by atoms with Crippen LogP contribution in [0.25, 0.3) is 0 Å². The van der Waals surface area contributed by atoms with Crippen LogP contribution < -0.4 is 10.0 Å². The third-order valence-electron chi connectivity index (χ3n) is 7.54. The molecule has 0 bridgehead atoms. The van der Waals surface area contributed by atoms with Crippen LogP contribution in [0.4, 0.5) is 0 Å². The Morgan fingerprint density at radius 1 is 1.06 bits per heavy atom. The average molecular weight is 492 g/mol. The second-order valence-electron chi connectivity index (χ2n) is 10.3. The predicted molar refractivity (Wildman–Crippen MR) is 134 cm³/mol. The Hall–Kier alpha value is -1.48. The normalized spacial score (nSPS) is 26.3. The zero-order valence-electron chi connectivity index (χ0n) is 20.5. The molecule has 2 saturated carbocycles. The van der Waals surface area contributed by atoms with Crippen molar-refractivity contribution in [2.24, 2.45) is 11.8 Å². The summed E-state index contributed by atoms with van der Waals surface area (Å²) >= 11 is 0. The van der Waals surface area contributed by atoms with Crippen molar-refractivity contribution in [1.29, 1.82) is 0 Å². The van der Waals surface area contributed by atoms with E-state index >= 15 is 0 Å². The SMILES string of the molecule is CCOC[C@@H]1CCCN(C[C@H]2CCCC[C@@H]2NC(=O)c2ccc(CNS(=O)(=O)C3CC3)cc2)C1. The molecule has 1 saturated heterocycles. The first-order valence-corrected chi connectivity index (χ1v) is 14.7. The van der Waals surface area contributed by atoms with Crippen molar-refractivity contribution in [1.82, 2.24) is 14.9 Å². The van der Waals surface area contributed by atoms with Crippen LogP contribution in [0.2, 0.25) is 0 Å². The largest absolute Gasteiger partial charge is 0.381 e. The molecule has 1 aliphatic heterocycles. The van der Waals surface area contributed by atoms with E-state index in [0.717, 1.165) is 70.5 Å². The first-order chi connectivity index (χ1) is 16.4. The number of carbonyl (C=O) groups excluding carboxylic acids is 1. The standard InChI is InChI=1S/C26H41N3O4S/c1-2-33-19-21-6-5-15-29(17-21)18-23-7-3-4-8-25(23)28-26(30)22-11-9-20(10-12-22)16-27-34(31,32)24-13-14-24/h9-12,21,23-25,27H,2-8,13-19H2,1H3,(H,28,30)/t21-,23-,25+/m1/s1. The number of carbonyl (C=O) groups is 1. The summed E-state index contributed by atoms with van der Waals surface area (Å²) in [5.41, 5.74) is 1.50. The van der Waals surface area contributed by atoms with Crippen LogP contribution in [0.3, 0.4) is 0 Å². The highest BCUT2D eigenvalue weighted by Gasteiger charge is 2.35. The van der Waals surface area contributed by atoms with Crippen LogP contribution in [0.1, 0.15) is 74.2 Å². The van der Waals surface area contributed by atoms with E-state index in [2.05, 4.69) is 21.9 Å². The van der Waals surface area contributed by atoms with Gasteiger partial charge in [0.05, 0.1) is 11.9 Å². The minimum atomic E-state index is -3.20. The van der Waals surface area contributed by atoms with Crippen LogP contribution in [-0.2, 0) is 21.3 Å². The number of nitrogens with zero attached hydrogens (tertiary/aromatic N) is 1. The number of amides is 1. The lowest BCUT2D eigenvalue weighted by Crippen LogP contribution is -2.48. The fourth-order valence-corrected chi connectivity index (χ4v) is 6.75. The zero-order valence-corrected chi connectivity index (χ0v) is 21.3. The van der Waals surface area contributed by atoms with E-state index in [-0.39, 0.29) is 23.7 Å².